The second kappa shape index (κ2) is 4.51. The average molecular weight is 231 g/mol. The van der Waals surface area contributed by atoms with Crippen LogP contribution in [0.4, 0.5) is 0 Å². The Balaban J connectivity index is 1.72. The Morgan fingerprint density at radius 2 is 2.24 bits per heavy atom. The lowest BCUT2D eigenvalue weighted by Gasteiger charge is -2.15. The van der Waals surface area contributed by atoms with E-state index in [2.05, 4.69) is 18.3 Å². The van der Waals surface area contributed by atoms with E-state index in [0.717, 1.165) is 25.2 Å². The number of fused-ring (bicyclic) bond motifs is 1. The third kappa shape index (κ3) is 2.08. The fraction of sp³-hybridized carbons (Fsp3) is 0.429. The molecule has 0 aliphatic carbocycles. The van der Waals surface area contributed by atoms with Crippen molar-refractivity contribution in [2.45, 2.75) is 32.0 Å². The van der Waals surface area contributed by atoms with E-state index in [-0.39, 0.29) is 0 Å². The lowest BCUT2D eigenvalue weighted by Crippen LogP contribution is -2.34. The number of para-hydroxylation sites is 1. The van der Waals surface area contributed by atoms with Crippen LogP contribution >= 0.6 is 0 Å². The Hall–Kier alpha value is -1.32. The predicted molar refractivity (Wildman–Crippen MR) is 66.9 cm³/mol. The first-order valence-corrected chi connectivity index (χ1v) is 6.14. The Morgan fingerprint density at radius 1 is 1.35 bits per heavy atom. The van der Waals surface area contributed by atoms with Gasteiger partial charge in [0.05, 0.1) is 12.4 Å². The van der Waals surface area contributed by atoms with Crippen LogP contribution in [0.15, 0.2) is 34.9 Å². The molecule has 0 amide bonds. The third-order valence-corrected chi connectivity index (χ3v) is 3.49. The molecule has 0 spiro atoms. The largest absolute Gasteiger partial charge is 0.464 e. The minimum Gasteiger partial charge on any atom is -0.464 e. The quantitative estimate of drug-likeness (QED) is 0.882. The second-order valence-corrected chi connectivity index (χ2v) is 4.61. The molecule has 3 nitrogen and oxygen atoms in total. The summed E-state index contributed by atoms with van der Waals surface area (Å²) in [5.41, 5.74) is 2.18. The number of nitrogens with one attached hydrogen (secondary N) is 1. The van der Waals surface area contributed by atoms with Gasteiger partial charge in [-0.3, -0.25) is 0 Å². The van der Waals surface area contributed by atoms with Crippen molar-refractivity contribution in [2.24, 2.45) is 0 Å². The number of hydrogen-bond donors (Lipinski definition) is 1. The minimum atomic E-state index is 0.313. The van der Waals surface area contributed by atoms with E-state index in [0.29, 0.717) is 12.1 Å². The van der Waals surface area contributed by atoms with E-state index < -0.39 is 0 Å². The monoisotopic (exact) mass is 231 g/mol. The standard InChI is InChI=1S/C14H17NO2/c1-10-13(6-7-16-10)15-8-11-9-17-14-5-3-2-4-12(11)14/h2-5,9-10,13,15H,6-8H2,1H3. The molecule has 3 heteroatoms. The van der Waals surface area contributed by atoms with Gasteiger partial charge in [0.25, 0.3) is 0 Å². The summed E-state index contributed by atoms with van der Waals surface area (Å²) in [4.78, 5) is 0. The van der Waals surface area contributed by atoms with Crippen LogP contribution in [0.5, 0.6) is 0 Å². The molecule has 90 valence electrons. The minimum absolute atomic E-state index is 0.313. The Morgan fingerprint density at radius 3 is 3.06 bits per heavy atom. The van der Waals surface area contributed by atoms with Crippen LogP contribution in [-0.2, 0) is 11.3 Å². The van der Waals surface area contributed by atoms with Gasteiger partial charge in [-0.15, -0.1) is 0 Å². The van der Waals surface area contributed by atoms with Gasteiger partial charge >= 0.3 is 0 Å². The molecule has 1 aromatic heterocycles. The fourth-order valence-corrected chi connectivity index (χ4v) is 2.41. The molecule has 0 radical (unpaired) electrons. The van der Waals surface area contributed by atoms with E-state index in [4.69, 9.17) is 9.15 Å². The van der Waals surface area contributed by atoms with Gasteiger partial charge in [-0.25, -0.2) is 0 Å². The van der Waals surface area contributed by atoms with Crippen molar-refractivity contribution >= 4 is 11.0 Å². The van der Waals surface area contributed by atoms with Crippen LogP contribution in [0.2, 0.25) is 0 Å². The van der Waals surface area contributed by atoms with Gasteiger partial charge in [0.2, 0.25) is 0 Å². The van der Waals surface area contributed by atoms with Gasteiger partial charge in [-0.1, -0.05) is 18.2 Å². The molecule has 2 unspecified atom stereocenters. The van der Waals surface area contributed by atoms with Gasteiger partial charge in [0, 0.05) is 30.1 Å². The summed E-state index contributed by atoms with van der Waals surface area (Å²) in [6, 6.07) is 8.60. The molecular formula is C14H17NO2. The summed E-state index contributed by atoms with van der Waals surface area (Å²) in [6.07, 6.45) is 3.25. The average Bonchev–Trinajstić information content (AvgIpc) is 2.93. The number of rotatable bonds is 3. The topological polar surface area (TPSA) is 34.4 Å². The van der Waals surface area contributed by atoms with E-state index in [1.54, 1.807) is 0 Å². The molecule has 17 heavy (non-hydrogen) atoms. The molecule has 1 fully saturated rings. The lowest BCUT2D eigenvalue weighted by molar-refractivity contribution is 0.113. The van der Waals surface area contributed by atoms with Gasteiger partial charge in [0.15, 0.2) is 0 Å². The zero-order chi connectivity index (χ0) is 11.7. The molecule has 2 heterocycles. The highest BCUT2D eigenvalue weighted by Crippen LogP contribution is 2.21. The summed E-state index contributed by atoms with van der Waals surface area (Å²) in [7, 11) is 0. The molecule has 1 aromatic carbocycles. The summed E-state index contributed by atoms with van der Waals surface area (Å²) < 4.78 is 11.1. The maximum Gasteiger partial charge on any atom is 0.134 e. The Labute approximate surface area is 101 Å². The summed E-state index contributed by atoms with van der Waals surface area (Å²) in [5.74, 6) is 0. The van der Waals surface area contributed by atoms with Crippen molar-refractivity contribution in [3.05, 3.63) is 36.1 Å². The normalized spacial score (nSPS) is 24.5. The lowest BCUT2D eigenvalue weighted by atomic mass is 10.1. The summed E-state index contributed by atoms with van der Waals surface area (Å²) in [6.45, 7) is 3.83. The van der Waals surface area contributed by atoms with Crippen LogP contribution in [0.3, 0.4) is 0 Å². The maximum atomic E-state index is 5.54. The first-order valence-electron chi connectivity index (χ1n) is 6.14. The first-order chi connectivity index (χ1) is 8.34. The molecule has 2 aromatic rings. The first kappa shape index (κ1) is 10.8. The van der Waals surface area contributed by atoms with Crippen LogP contribution in [0, 0.1) is 0 Å². The number of hydrogen-bond acceptors (Lipinski definition) is 3. The second-order valence-electron chi connectivity index (χ2n) is 4.61. The molecule has 1 aliphatic heterocycles. The highest BCUT2D eigenvalue weighted by molar-refractivity contribution is 5.80. The van der Waals surface area contributed by atoms with Crippen molar-refractivity contribution in [1.82, 2.24) is 5.32 Å². The fourth-order valence-electron chi connectivity index (χ4n) is 2.41. The van der Waals surface area contributed by atoms with Crippen molar-refractivity contribution in [2.75, 3.05) is 6.61 Å². The van der Waals surface area contributed by atoms with E-state index in [1.165, 1.54) is 10.9 Å². The summed E-state index contributed by atoms with van der Waals surface area (Å²) >= 11 is 0. The number of ether oxygens (including phenoxy) is 1. The van der Waals surface area contributed by atoms with Crippen LogP contribution in [0.25, 0.3) is 11.0 Å². The molecule has 1 aliphatic rings. The molecule has 3 rings (SSSR count). The van der Waals surface area contributed by atoms with Gasteiger partial charge < -0.3 is 14.5 Å². The molecule has 1 N–H and O–H groups in total. The molecule has 1 saturated heterocycles. The number of furan rings is 1. The molecule has 0 saturated carbocycles. The molecule has 0 bridgehead atoms. The predicted octanol–water partition coefficient (Wildman–Crippen LogP) is 2.70. The van der Waals surface area contributed by atoms with Crippen molar-refractivity contribution in [1.29, 1.82) is 0 Å². The van der Waals surface area contributed by atoms with Gasteiger partial charge in [-0.05, 0) is 19.4 Å². The van der Waals surface area contributed by atoms with Crippen molar-refractivity contribution < 1.29 is 9.15 Å². The molecular weight excluding hydrogens is 214 g/mol. The van der Waals surface area contributed by atoms with E-state index in [1.807, 2.05) is 24.5 Å². The van der Waals surface area contributed by atoms with Crippen LogP contribution in [-0.4, -0.2) is 18.8 Å². The smallest absolute Gasteiger partial charge is 0.134 e. The Bertz CT molecular complexity index is 506. The van der Waals surface area contributed by atoms with Crippen molar-refractivity contribution in [3.63, 3.8) is 0 Å². The third-order valence-electron chi connectivity index (χ3n) is 3.49. The van der Waals surface area contributed by atoms with Crippen LogP contribution < -0.4 is 5.32 Å². The van der Waals surface area contributed by atoms with Gasteiger partial charge in [0.1, 0.15) is 5.58 Å². The highest BCUT2D eigenvalue weighted by atomic mass is 16.5. The maximum absolute atomic E-state index is 5.54. The number of benzene rings is 1. The van der Waals surface area contributed by atoms with E-state index in [9.17, 15) is 0 Å². The van der Waals surface area contributed by atoms with Gasteiger partial charge in [-0.2, -0.15) is 0 Å². The zero-order valence-electron chi connectivity index (χ0n) is 9.98. The highest BCUT2D eigenvalue weighted by Gasteiger charge is 2.23. The van der Waals surface area contributed by atoms with E-state index >= 15 is 0 Å². The van der Waals surface area contributed by atoms with Crippen LogP contribution in [0.1, 0.15) is 18.9 Å². The summed E-state index contributed by atoms with van der Waals surface area (Å²) in [5, 5.41) is 4.74. The Kier molecular flexibility index (Phi) is 2.87. The zero-order valence-corrected chi connectivity index (χ0v) is 9.98. The van der Waals surface area contributed by atoms with Crippen molar-refractivity contribution in [3.8, 4) is 0 Å². The SMILES string of the molecule is CC1OCCC1NCc1coc2ccccc12. The molecule has 2 atom stereocenters.